The normalized spacial score (nSPS) is 11.4. The summed E-state index contributed by atoms with van der Waals surface area (Å²) in [5, 5.41) is 7.59. The lowest BCUT2D eigenvalue weighted by atomic mass is 9.83. The Labute approximate surface area is 264 Å². The monoisotopic (exact) mass is 575 g/mol. The second kappa shape index (κ2) is 10.9. The summed E-state index contributed by atoms with van der Waals surface area (Å²) in [6.07, 6.45) is 1.97. The highest BCUT2D eigenvalue weighted by molar-refractivity contribution is 6.24. The third-order valence-electron chi connectivity index (χ3n) is 9.27. The van der Waals surface area contributed by atoms with Crippen LogP contribution in [-0.2, 0) is 0 Å². The zero-order valence-corrected chi connectivity index (χ0v) is 25.8. The lowest BCUT2D eigenvalue weighted by Crippen LogP contribution is -1.94. The van der Waals surface area contributed by atoms with Crippen LogP contribution >= 0.6 is 0 Å². The van der Waals surface area contributed by atoms with E-state index in [1.807, 2.05) is 13.1 Å². The van der Waals surface area contributed by atoms with Gasteiger partial charge in [-0.2, -0.15) is 0 Å². The molecule has 0 amide bonds. The summed E-state index contributed by atoms with van der Waals surface area (Å²) in [7, 11) is 0. The van der Waals surface area contributed by atoms with E-state index in [-0.39, 0.29) is 0 Å². The van der Waals surface area contributed by atoms with E-state index in [2.05, 4.69) is 158 Å². The second-order valence-corrected chi connectivity index (χ2v) is 12.1. The fraction of sp³-hybridized carbons (Fsp3) is 0.0682. The molecular formula is C44H33N. The van der Waals surface area contributed by atoms with Crippen molar-refractivity contribution in [2.45, 2.75) is 20.8 Å². The predicted molar refractivity (Wildman–Crippen MR) is 193 cm³/mol. The van der Waals surface area contributed by atoms with Crippen molar-refractivity contribution in [2.24, 2.45) is 0 Å². The van der Waals surface area contributed by atoms with E-state index < -0.39 is 0 Å². The van der Waals surface area contributed by atoms with Crippen LogP contribution in [0, 0.1) is 20.8 Å². The Bertz CT molecular complexity index is 2320. The highest BCUT2D eigenvalue weighted by Crippen LogP contribution is 2.47. The van der Waals surface area contributed by atoms with Gasteiger partial charge in [0.1, 0.15) is 0 Å². The predicted octanol–water partition coefficient (Wildman–Crippen LogP) is 12.1. The topological polar surface area (TPSA) is 12.9 Å². The molecule has 0 unspecified atom stereocenters. The largest absolute Gasteiger partial charge is 0.261 e. The van der Waals surface area contributed by atoms with Crippen LogP contribution in [0.1, 0.15) is 16.8 Å². The van der Waals surface area contributed by atoms with Crippen LogP contribution in [0.15, 0.2) is 146 Å². The number of benzene rings is 7. The fourth-order valence-corrected chi connectivity index (χ4v) is 7.20. The van der Waals surface area contributed by atoms with Crippen LogP contribution in [0.4, 0.5) is 0 Å². The number of pyridine rings is 1. The van der Waals surface area contributed by atoms with Crippen LogP contribution in [0.25, 0.3) is 76.8 Å². The molecule has 1 aromatic heterocycles. The van der Waals surface area contributed by atoms with Gasteiger partial charge in [-0.3, -0.25) is 4.98 Å². The molecule has 1 heteroatoms. The van der Waals surface area contributed by atoms with Crippen LogP contribution in [0.2, 0.25) is 0 Å². The molecular weight excluding hydrogens is 542 g/mol. The smallest absolute Gasteiger partial charge is 0.0373 e. The Kier molecular flexibility index (Phi) is 6.54. The van der Waals surface area contributed by atoms with Gasteiger partial charge in [0.25, 0.3) is 0 Å². The first-order chi connectivity index (χ1) is 22.1. The van der Waals surface area contributed by atoms with Crippen LogP contribution in [-0.4, -0.2) is 4.98 Å². The zero-order chi connectivity index (χ0) is 30.5. The fourth-order valence-electron chi connectivity index (χ4n) is 7.20. The number of nitrogens with zero attached hydrogens (tertiary/aromatic N) is 1. The van der Waals surface area contributed by atoms with Crippen molar-refractivity contribution < 1.29 is 0 Å². The molecule has 0 fully saturated rings. The number of hydrogen-bond acceptors (Lipinski definition) is 1. The van der Waals surface area contributed by atoms with Crippen molar-refractivity contribution in [1.82, 2.24) is 4.98 Å². The molecule has 1 heterocycles. The number of aromatic nitrogens is 1. The Morgan fingerprint density at radius 3 is 1.40 bits per heavy atom. The van der Waals surface area contributed by atoms with E-state index in [1.54, 1.807) is 0 Å². The van der Waals surface area contributed by atoms with Gasteiger partial charge in [0.2, 0.25) is 0 Å². The molecule has 0 aliphatic carbocycles. The van der Waals surface area contributed by atoms with E-state index in [0.29, 0.717) is 0 Å². The molecule has 0 saturated heterocycles. The average Bonchev–Trinajstić information content (AvgIpc) is 3.08. The summed E-state index contributed by atoms with van der Waals surface area (Å²) >= 11 is 0. The Balaban J connectivity index is 1.43. The van der Waals surface area contributed by atoms with Gasteiger partial charge >= 0.3 is 0 Å². The minimum atomic E-state index is 1.03. The van der Waals surface area contributed by atoms with E-state index in [4.69, 9.17) is 0 Å². The maximum absolute atomic E-state index is 4.56. The summed E-state index contributed by atoms with van der Waals surface area (Å²) in [5.74, 6) is 0. The molecule has 8 aromatic rings. The van der Waals surface area contributed by atoms with Gasteiger partial charge in [-0.25, -0.2) is 0 Å². The van der Waals surface area contributed by atoms with E-state index >= 15 is 0 Å². The quantitative estimate of drug-likeness (QED) is 0.190. The third kappa shape index (κ3) is 4.51. The Morgan fingerprint density at radius 1 is 0.356 bits per heavy atom. The van der Waals surface area contributed by atoms with Crippen LogP contribution in [0.3, 0.4) is 0 Å². The average molecular weight is 576 g/mol. The number of aryl methyl sites for hydroxylation is 3. The van der Waals surface area contributed by atoms with Gasteiger partial charge < -0.3 is 0 Å². The number of fused-ring (bicyclic) bond motifs is 3. The minimum absolute atomic E-state index is 1.03. The first-order valence-corrected chi connectivity index (χ1v) is 15.6. The molecule has 0 spiro atoms. The maximum Gasteiger partial charge on any atom is 0.0373 e. The highest BCUT2D eigenvalue weighted by Gasteiger charge is 2.19. The molecule has 7 aromatic carbocycles. The molecule has 0 radical (unpaired) electrons. The Morgan fingerprint density at radius 2 is 0.844 bits per heavy atom. The van der Waals surface area contributed by atoms with Gasteiger partial charge in [0, 0.05) is 17.5 Å². The standard InChI is InChI=1S/C44H33N/c1-28-12-10-13-29(2)42(28)40-24-25-41(35-17-5-4-16-34(35)40)44-38-20-8-6-18-36(38)43(37-19-7-9-21-39(37)44)32-15-11-14-31(26-32)33-23-22-30(3)45-27-33/h4-27H,1-3H3. The molecule has 0 N–H and O–H groups in total. The number of rotatable bonds is 4. The van der Waals surface area contributed by atoms with E-state index in [9.17, 15) is 0 Å². The molecule has 0 aliphatic heterocycles. The Hall–Kier alpha value is -5.53. The van der Waals surface area contributed by atoms with Crippen molar-refractivity contribution >= 4 is 32.3 Å². The zero-order valence-electron chi connectivity index (χ0n) is 25.8. The SMILES string of the molecule is Cc1ccc(-c2cccc(-c3c4ccccc4c(-c4ccc(-c5c(C)cccc5C)c5ccccc45)c4ccccc34)c2)cn1. The summed E-state index contributed by atoms with van der Waals surface area (Å²) in [4.78, 5) is 4.56. The van der Waals surface area contributed by atoms with Crippen molar-refractivity contribution in [3.05, 3.63) is 163 Å². The van der Waals surface area contributed by atoms with Gasteiger partial charge in [-0.05, 0) is 115 Å². The molecule has 8 rings (SSSR count). The molecule has 1 nitrogen and oxygen atoms in total. The van der Waals surface area contributed by atoms with Crippen molar-refractivity contribution in [3.63, 3.8) is 0 Å². The number of hydrogen-bond donors (Lipinski definition) is 0. The maximum atomic E-state index is 4.56. The van der Waals surface area contributed by atoms with E-state index in [1.165, 1.54) is 82.4 Å². The third-order valence-corrected chi connectivity index (χ3v) is 9.27. The van der Waals surface area contributed by atoms with Gasteiger partial charge in [-0.1, -0.05) is 127 Å². The van der Waals surface area contributed by atoms with Crippen LogP contribution < -0.4 is 0 Å². The van der Waals surface area contributed by atoms with Gasteiger partial charge in [0.05, 0.1) is 0 Å². The molecule has 0 atom stereocenters. The molecule has 45 heavy (non-hydrogen) atoms. The van der Waals surface area contributed by atoms with Crippen LogP contribution in [0.5, 0.6) is 0 Å². The summed E-state index contributed by atoms with van der Waals surface area (Å²) in [5.41, 5.74) is 13.6. The molecule has 0 aliphatic rings. The molecule has 0 saturated carbocycles. The highest BCUT2D eigenvalue weighted by atomic mass is 14.7. The van der Waals surface area contributed by atoms with Crippen molar-refractivity contribution in [3.8, 4) is 44.5 Å². The lowest BCUT2D eigenvalue weighted by Gasteiger charge is -2.20. The first-order valence-electron chi connectivity index (χ1n) is 15.6. The summed E-state index contributed by atoms with van der Waals surface area (Å²) in [6.45, 7) is 6.46. The second-order valence-electron chi connectivity index (χ2n) is 12.1. The first kappa shape index (κ1) is 27.0. The molecule has 214 valence electrons. The van der Waals surface area contributed by atoms with Crippen molar-refractivity contribution in [2.75, 3.05) is 0 Å². The lowest BCUT2D eigenvalue weighted by molar-refractivity contribution is 1.20. The van der Waals surface area contributed by atoms with E-state index in [0.717, 1.165) is 11.3 Å². The van der Waals surface area contributed by atoms with Gasteiger partial charge in [0.15, 0.2) is 0 Å². The molecule has 0 bridgehead atoms. The van der Waals surface area contributed by atoms with Gasteiger partial charge in [-0.15, -0.1) is 0 Å². The minimum Gasteiger partial charge on any atom is -0.261 e. The summed E-state index contributed by atoms with van der Waals surface area (Å²) in [6, 6.07) is 51.2. The summed E-state index contributed by atoms with van der Waals surface area (Å²) < 4.78 is 0. The van der Waals surface area contributed by atoms with Crippen molar-refractivity contribution in [1.29, 1.82) is 0 Å².